The van der Waals surface area contributed by atoms with Crippen molar-refractivity contribution in [3.63, 3.8) is 0 Å². The summed E-state index contributed by atoms with van der Waals surface area (Å²) >= 11 is 12.1. The molecule has 1 aromatic heterocycles. The van der Waals surface area contributed by atoms with Gasteiger partial charge in [-0.25, -0.2) is 0 Å². The van der Waals surface area contributed by atoms with E-state index in [1.54, 1.807) is 0 Å². The van der Waals surface area contributed by atoms with Crippen molar-refractivity contribution in [2.24, 2.45) is 0 Å². The predicted octanol–water partition coefficient (Wildman–Crippen LogP) is 5.06. The maximum atomic E-state index is 6.08. The molecule has 2 rings (SSSR count). The number of fused-ring (bicyclic) bond motifs is 1. The molecule has 0 saturated heterocycles. The van der Waals surface area contributed by atoms with Crippen LogP contribution >= 0.6 is 23.2 Å². The lowest BCUT2D eigenvalue weighted by molar-refractivity contribution is 0.827. The Morgan fingerprint density at radius 2 is 1.94 bits per heavy atom. The molecule has 17 heavy (non-hydrogen) atoms. The molecule has 0 amide bonds. The van der Waals surface area contributed by atoms with Gasteiger partial charge in [0, 0.05) is 22.0 Å². The fraction of sp³-hybridized carbons (Fsp3) is 0.357. The molecule has 0 spiro atoms. The highest BCUT2D eigenvalue weighted by Crippen LogP contribution is 2.28. The van der Waals surface area contributed by atoms with E-state index < -0.39 is 0 Å². The zero-order valence-electron chi connectivity index (χ0n) is 10.2. The van der Waals surface area contributed by atoms with E-state index in [4.69, 9.17) is 28.2 Å². The number of alkyl halides is 1. The maximum absolute atomic E-state index is 6.08. The van der Waals surface area contributed by atoms with Crippen LogP contribution in [0.15, 0.2) is 18.2 Å². The zero-order chi connectivity index (χ0) is 12.6. The average Bonchev–Trinajstić information content (AvgIpc) is 2.27. The van der Waals surface area contributed by atoms with E-state index in [0.717, 1.165) is 32.7 Å². The number of benzene rings is 1. The fourth-order valence-electron chi connectivity index (χ4n) is 1.95. The van der Waals surface area contributed by atoms with Crippen LogP contribution in [0.2, 0.25) is 5.02 Å². The maximum Gasteiger partial charge on any atom is 0.0738 e. The second-order valence-electron chi connectivity index (χ2n) is 4.61. The molecule has 1 aromatic carbocycles. The molecule has 0 unspecified atom stereocenters. The molecule has 0 N–H and O–H groups in total. The molecule has 90 valence electrons. The van der Waals surface area contributed by atoms with E-state index in [1.807, 2.05) is 19.1 Å². The second-order valence-corrected chi connectivity index (χ2v) is 5.32. The minimum absolute atomic E-state index is 0.399. The third kappa shape index (κ3) is 2.41. The molecule has 0 saturated carbocycles. The van der Waals surface area contributed by atoms with Crippen LogP contribution in [-0.4, -0.2) is 4.98 Å². The van der Waals surface area contributed by atoms with Crippen molar-refractivity contribution >= 4 is 34.1 Å². The van der Waals surface area contributed by atoms with Crippen LogP contribution in [0.25, 0.3) is 10.9 Å². The van der Waals surface area contributed by atoms with Crippen molar-refractivity contribution in [1.29, 1.82) is 0 Å². The van der Waals surface area contributed by atoms with Crippen LogP contribution in [0.1, 0.15) is 36.6 Å². The third-order valence-electron chi connectivity index (χ3n) is 2.91. The molecule has 0 atom stereocenters. The van der Waals surface area contributed by atoms with Gasteiger partial charge in [0.15, 0.2) is 0 Å². The Kier molecular flexibility index (Phi) is 3.60. The largest absolute Gasteiger partial charge is 0.252 e. The first-order valence-electron chi connectivity index (χ1n) is 5.68. The summed E-state index contributed by atoms with van der Waals surface area (Å²) in [5, 5.41) is 1.80. The van der Waals surface area contributed by atoms with Crippen LogP contribution in [0, 0.1) is 6.92 Å². The minimum Gasteiger partial charge on any atom is -0.252 e. The highest BCUT2D eigenvalue weighted by atomic mass is 35.5. The van der Waals surface area contributed by atoms with E-state index in [9.17, 15) is 0 Å². The van der Waals surface area contributed by atoms with Crippen molar-refractivity contribution in [3.8, 4) is 0 Å². The van der Waals surface area contributed by atoms with Gasteiger partial charge in [-0.15, -0.1) is 11.6 Å². The van der Waals surface area contributed by atoms with E-state index in [2.05, 4.69) is 19.9 Å². The Labute approximate surface area is 112 Å². The number of pyridine rings is 1. The van der Waals surface area contributed by atoms with Crippen molar-refractivity contribution in [2.75, 3.05) is 0 Å². The number of aryl methyl sites for hydroxylation is 1. The highest BCUT2D eigenvalue weighted by Gasteiger charge is 2.10. The minimum atomic E-state index is 0.399. The smallest absolute Gasteiger partial charge is 0.0738 e. The molecular weight excluding hydrogens is 253 g/mol. The second kappa shape index (κ2) is 4.83. The highest BCUT2D eigenvalue weighted by molar-refractivity contribution is 6.31. The van der Waals surface area contributed by atoms with Crippen LogP contribution in [0.3, 0.4) is 0 Å². The van der Waals surface area contributed by atoms with E-state index in [-0.39, 0.29) is 0 Å². The number of rotatable bonds is 2. The Morgan fingerprint density at radius 1 is 1.24 bits per heavy atom. The molecule has 0 aliphatic heterocycles. The lowest BCUT2D eigenvalue weighted by atomic mass is 10.0. The summed E-state index contributed by atoms with van der Waals surface area (Å²) in [6.07, 6.45) is 0. The number of aromatic nitrogens is 1. The Morgan fingerprint density at radius 3 is 2.53 bits per heavy atom. The number of nitrogens with zero attached hydrogens (tertiary/aromatic N) is 1. The number of hydrogen-bond acceptors (Lipinski definition) is 1. The first kappa shape index (κ1) is 12.7. The lowest BCUT2D eigenvalue weighted by Gasteiger charge is -2.12. The van der Waals surface area contributed by atoms with Crippen LogP contribution in [0.5, 0.6) is 0 Å². The standard InChI is InChI=1S/C14H15Cl2N/c1-8(2)13-5-10(7-15)12-6-11(16)4-9(3)14(12)17-13/h4-6,8H,7H2,1-3H3. The van der Waals surface area contributed by atoms with Gasteiger partial charge in [0.05, 0.1) is 5.52 Å². The summed E-state index contributed by atoms with van der Waals surface area (Å²) in [4.78, 5) is 4.71. The number of hydrogen-bond donors (Lipinski definition) is 0. The summed E-state index contributed by atoms with van der Waals surface area (Å²) in [7, 11) is 0. The summed E-state index contributed by atoms with van der Waals surface area (Å²) in [5.41, 5.74) is 4.29. The van der Waals surface area contributed by atoms with Gasteiger partial charge in [-0.1, -0.05) is 25.4 Å². The van der Waals surface area contributed by atoms with E-state index >= 15 is 0 Å². The van der Waals surface area contributed by atoms with Crippen LogP contribution in [0.4, 0.5) is 0 Å². The van der Waals surface area contributed by atoms with Gasteiger partial charge in [-0.05, 0) is 42.2 Å². The molecule has 0 aliphatic carbocycles. The van der Waals surface area contributed by atoms with Gasteiger partial charge >= 0.3 is 0 Å². The summed E-state index contributed by atoms with van der Waals surface area (Å²) in [6.45, 7) is 6.30. The Balaban J connectivity index is 2.82. The van der Waals surface area contributed by atoms with E-state index in [1.165, 1.54) is 0 Å². The molecule has 1 nitrogen and oxygen atoms in total. The predicted molar refractivity (Wildman–Crippen MR) is 75.1 cm³/mol. The fourth-order valence-corrected chi connectivity index (χ4v) is 2.45. The molecule has 0 bridgehead atoms. The lowest BCUT2D eigenvalue weighted by Crippen LogP contribution is -1.98. The molecule has 0 radical (unpaired) electrons. The first-order valence-corrected chi connectivity index (χ1v) is 6.59. The zero-order valence-corrected chi connectivity index (χ0v) is 11.7. The normalized spacial score (nSPS) is 11.4. The molecule has 3 heteroatoms. The van der Waals surface area contributed by atoms with Gasteiger partial charge in [0.2, 0.25) is 0 Å². The summed E-state index contributed by atoms with van der Waals surface area (Å²) in [6, 6.07) is 5.97. The van der Waals surface area contributed by atoms with Crippen molar-refractivity contribution in [2.45, 2.75) is 32.6 Å². The van der Waals surface area contributed by atoms with Crippen molar-refractivity contribution < 1.29 is 0 Å². The van der Waals surface area contributed by atoms with Crippen LogP contribution in [-0.2, 0) is 5.88 Å². The van der Waals surface area contributed by atoms with Gasteiger partial charge in [0.25, 0.3) is 0 Å². The summed E-state index contributed by atoms with van der Waals surface area (Å²) < 4.78 is 0. The molecule has 2 aromatic rings. The topological polar surface area (TPSA) is 12.9 Å². The van der Waals surface area contributed by atoms with Crippen molar-refractivity contribution in [1.82, 2.24) is 4.98 Å². The third-order valence-corrected chi connectivity index (χ3v) is 3.42. The van der Waals surface area contributed by atoms with Crippen LogP contribution < -0.4 is 0 Å². The Hall–Kier alpha value is -0.790. The van der Waals surface area contributed by atoms with Gasteiger partial charge in [0.1, 0.15) is 0 Å². The quantitative estimate of drug-likeness (QED) is 0.694. The summed E-state index contributed by atoms with van der Waals surface area (Å²) in [5.74, 6) is 0.884. The number of halogens is 2. The van der Waals surface area contributed by atoms with Gasteiger partial charge in [-0.3, -0.25) is 4.98 Å². The average molecular weight is 268 g/mol. The molecule has 0 fully saturated rings. The van der Waals surface area contributed by atoms with Gasteiger partial charge < -0.3 is 0 Å². The molecule has 1 heterocycles. The molecular formula is C14H15Cl2N. The SMILES string of the molecule is Cc1cc(Cl)cc2c(CCl)cc(C(C)C)nc12. The first-order chi connectivity index (χ1) is 8.02. The van der Waals surface area contributed by atoms with E-state index in [0.29, 0.717) is 11.8 Å². The van der Waals surface area contributed by atoms with Gasteiger partial charge in [-0.2, -0.15) is 0 Å². The van der Waals surface area contributed by atoms with Crippen molar-refractivity contribution in [3.05, 3.63) is 40.0 Å². The molecule has 0 aliphatic rings. The Bertz CT molecular complexity index is 562. The monoisotopic (exact) mass is 267 g/mol.